The Labute approximate surface area is 168 Å². The van der Waals surface area contributed by atoms with Gasteiger partial charge >= 0.3 is 0 Å². The van der Waals surface area contributed by atoms with Crippen molar-refractivity contribution in [3.63, 3.8) is 0 Å². The van der Waals surface area contributed by atoms with Gasteiger partial charge in [0.2, 0.25) is 0 Å². The van der Waals surface area contributed by atoms with Crippen LogP contribution in [0.1, 0.15) is 48.8 Å². The Morgan fingerprint density at radius 3 is 2.82 bits per heavy atom. The Kier molecular flexibility index (Phi) is 7.34. The van der Waals surface area contributed by atoms with Crippen LogP contribution in [0.25, 0.3) is 0 Å². The van der Waals surface area contributed by atoms with Crippen molar-refractivity contribution < 1.29 is 4.74 Å². The molecule has 1 aromatic carbocycles. The van der Waals surface area contributed by atoms with E-state index in [1.165, 1.54) is 42.4 Å². The molecule has 0 radical (unpaired) electrons. The monoisotopic (exact) mass is 383 g/mol. The van der Waals surface area contributed by atoms with E-state index >= 15 is 0 Å². The summed E-state index contributed by atoms with van der Waals surface area (Å²) >= 11 is 0. The summed E-state index contributed by atoms with van der Waals surface area (Å²) in [5.41, 5.74) is 3.67. The van der Waals surface area contributed by atoms with Gasteiger partial charge < -0.3 is 15.4 Å². The van der Waals surface area contributed by atoms with E-state index in [0.29, 0.717) is 12.6 Å². The number of hydrogen-bond acceptors (Lipinski definition) is 3. The molecule has 0 aliphatic heterocycles. The number of aliphatic imine (C=N–C) groups is 1. The minimum Gasteiger partial charge on any atom is -0.490 e. The van der Waals surface area contributed by atoms with Crippen LogP contribution in [0, 0.1) is 6.92 Å². The largest absolute Gasteiger partial charge is 0.490 e. The molecule has 1 aliphatic carbocycles. The molecule has 3 rings (SSSR count). The Morgan fingerprint density at radius 1 is 1.29 bits per heavy atom. The highest BCUT2D eigenvalue weighted by molar-refractivity contribution is 5.79. The normalized spacial score (nSPS) is 15.0. The molecular weight excluding hydrogens is 350 g/mol. The molecule has 0 unspecified atom stereocenters. The SMILES string of the molecule is CN=C(NCCCc1cnn(C)c1)NCc1ccc(C)cc1OC1CCCC1. The van der Waals surface area contributed by atoms with Crippen LogP contribution in [0.15, 0.2) is 35.6 Å². The van der Waals surface area contributed by atoms with E-state index < -0.39 is 0 Å². The summed E-state index contributed by atoms with van der Waals surface area (Å²) in [5.74, 6) is 1.82. The number of aryl methyl sites for hydroxylation is 3. The smallest absolute Gasteiger partial charge is 0.191 e. The molecule has 2 N–H and O–H groups in total. The summed E-state index contributed by atoms with van der Waals surface area (Å²) in [4.78, 5) is 4.34. The van der Waals surface area contributed by atoms with Crippen molar-refractivity contribution in [3.8, 4) is 5.75 Å². The lowest BCUT2D eigenvalue weighted by Crippen LogP contribution is -2.37. The second-order valence-corrected chi connectivity index (χ2v) is 7.61. The van der Waals surface area contributed by atoms with Crippen molar-refractivity contribution >= 4 is 5.96 Å². The highest BCUT2D eigenvalue weighted by Gasteiger charge is 2.18. The summed E-state index contributed by atoms with van der Waals surface area (Å²) in [6, 6.07) is 6.45. The fourth-order valence-corrected chi connectivity index (χ4v) is 3.60. The van der Waals surface area contributed by atoms with Crippen LogP contribution in [-0.4, -0.2) is 35.4 Å². The highest BCUT2D eigenvalue weighted by Crippen LogP contribution is 2.27. The van der Waals surface area contributed by atoms with Crippen molar-refractivity contribution in [1.29, 1.82) is 0 Å². The van der Waals surface area contributed by atoms with Gasteiger partial charge in [0, 0.05) is 38.9 Å². The van der Waals surface area contributed by atoms with Gasteiger partial charge in [0.1, 0.15) is 5.75 Å². The minimum atomic E-state index is 0.366. The standard InChI is InChI=1S/C22H33N5O/c1-17-10-11-19(21(13-17)28-20-8-4-5-9-20)15-25-22(23-2)24-12-6-7-18-14-26-27(3)16-18/h10-11,13-14,16,20H,4-9,12,15H2,1-3H3,(H2,23,24,25). The van der Waals surface area contributed by atoms with Gasteiger partial charge in [0.25, 0.3) is 0 Å². The lowest BCUT2D eigenvalue weighted by molar-refractivity contribution is 0.207. The van der Waals surface area contributed by atoms with Crippen LogP contribution in [0.3, 0.4) is 0 Å². The van der Waals surface area contributed by atoms with E-state index in [-0.39, 0.29) is 0 Å². The first-order valence-electron chi connectivity index (χ1n) is 10.3. The summed E-state index contributed by atoms with van der Waals surface area (Å²) in [6.45, 7) is 3.68. The number of guanidine groups is 1. The summed E-state index contributed by atoms with van der Waals surface area (Å²) < 4.78 is 8.14. The maximum atomic E-state index is 6.29. The Bertz CT molecular complexity index is 777. The van der Waals surface area contributed by atoms with E-state index in [9.17, 15) is 0 Å². The van der Waals surface area contributed by atoms with Crippen molar-refractivity contribution in [3.05, 3.63) is 47.3 Å². The molecule has 1 aromatic heterocycles. The maximum absolute atomic E-state index is 6.29. The van der Waals surface area contributed by atoms with E-state index in [1.807, 2.05) is 25.0 Å². The lowest BCUT2D eigenvalue weighted by Gasteiger charge is -2.18. The van der Waals surface area contributed by atoms with Crippen molar-refractivity contribution in [2.75, 3.05) is 13.6 Å². The third kappa shape index (κ3) is 6.01. The van der Waals surface area contributed by atoms with Crippen molar-refractivity contribution in [1.82, 2.24) is 20.4 Å². The predicted octanol–water partition coefficient (Wildman–Crippen LogP) is 3.35. The van der Waals surface area contributed by atoms with E-state index in [1.54, 1.807) is 0 Å². The van der Waals surface area contributed by atoms with Crippen LogP contribution >= 0.6 is 0 Å². The molecule has 2 aromatic rings. The molecular formula is C22H33N5O. The fourth-order valence-electron chi connectivity index (χ4n) is 3.60. The van der Waals surface area contributed by atoms with Gasteiger partial charge in [0.05, 0.1) is 12.3 Å². The number of nitrogens with zero attached hydrogens (tertiary/aromatic N) is 3. The van der Waals surface area contributed by atoms with Crippen LogP contribution < -0.4 is 15.4 Å². The van der Waals surface area contributed by atoms with Crippen molar-refractivity contribution in [2.24, 2.45) is 12.0 Å². The van der Waals surface area contributed by atoms with Gasteiger partial charge in [-0.15, -0.1) is 0 Å². The number of benzene rings is 1. The molecule has 0 amide bonds. The maximum Gasteiger partial charge on any atom is 0.191 e. The second kappa shape index (κ2) is 10.2. The molecule has 28 heavy (non-hydrogen) atoms. The minimum absolute atomic E-state index is 0.366. The first kappa shape index (κ1) is 20.2. The molecule has 6 heteroatoms. The zero-order chi connectivity index (χ0) is 19.8. The zero-order valence-electron chi connectivity index (χ0n) is 17.4. The van der Waals surface area contributed by atoms with Crippen LogP contribution in [0.2, 0.25) is 0 Å². The zero-order valence-corrected chi connectivity index (χ0v) is 17.4. The average molecular weight is 384 g/mol. The quantitative estimate of drug-likeness (QED) is 0.417. The molecule has 0 atom stereocenters. The van der Waals surface area contributed by atoms with Gasteiger partial charge in [-0.3, -0.25) is 9.67 Å². The van der Waals surface area contributed by atoms with Gasteiger partial charge in [-0.1, -0.05) is 12.1 Å². The number of rotatable bonds is 8. The molecule has 1 heterocycles. The first-order valence-corrected chi connectivity index (χ1v) is 10.3. The summed E-state index contributed by atoms with van der Waals surface area (Å²) in [7, 11) is 3.75. The van der Waals surface area contributed by atoms with Gasteiger partial charge in [0.15, 0.2) is 5.96 Å². The molecule has 0 saturated heterocycles. The number of nitrogens with one attached hydrogen (secondary N) is 2. The van der Waals surface area contributed by atoms with E-state index in [0.717, 1.165) is 31.1 Å². The van der Waals surface area contributed by atoms with Gasteiger partial charge in [-0.25, -0.2) is 0 Å². The fraction of sp³-hybridized carbons (Fsp3) is 0.545. The molecule has 1 saturated carbocycles. The highest BCUT2D eigenvalue weighted by atomic mass is 16.5. The predicted molar refractivity (Wildman–Crippen MR) is 114 cm³/mol. The second-order valence-electron chi connectivity index (χ2n) is 7.61. The van der Waals surface area contributed by atoms with Crippen LogP contribution in [0.4, 0.5) is 0 Å². The third-order valence-electron chi connectivity index (χ3n) is 5.18. The third-order valence-corrected chi connectivity index (χ3v) is 5.18. The summed E-state index contributed by atoms with van der Waals surface area (Å²) in [6.07, 6.45) is 11.3. The number of ether oxygens (including phenoxy) is 1. The lowest BCUT2D eigenvalue weighted by atomic mass is 10.1. The average Bonchev–Trinajstić information content (AvgIpc) is 3.34. The molecule has 6 nitrogen and oxygen atoms in total. The van der Waals surface area contributed by atoms with E-state index in [4.69, 9.17) is 4.74 Å². The molecule has 0 spiro atoms. The topological polar surface area (TPSA) is 63.5 Å². The Balaban J connectivity index is 1.47. The molecule has 0 bridgehead atoms. The number of aromatic nitrogens is 2. The molecule has 152 valence electrons. The number of hydrogen-bond donors (Lipinski definition) is 2. The van der Waals surface area contributed by atoms with Crippen molar-refractivity contribution in [2.45, 2.75) is 58.1 Å². The Morgan fingerprint density at radius 2 is 2.11 bits per heavy atom. The summed E-state index contributed by atoms with van der Waals surface area (Å²) in [5, 5.41) is 11.0. The first-order chi connectivity index (χ1) is 13.6. The van der Waals surface area contributed by atoms with Crippen LogP contribution in [0.5, 0.6) is 5.75 Å². The molecule has 1 aliphatic rings. The van der Waals surface area contributed by atoms with Gasteiger partial charge in [-0.2, -0.15) is 5.10 Å². The van der Waals surface area contributed by atoms with Crippen LogP contribution in [-0.2, 0) is 20.0 Å². The van der Waals surface area contributed by atoms with Gasteiger partial charge in [-0.05, 0) is 62.6 Å². The Hall–Kier alpha value is -2.50. The molecule has 1 fully saturated rings. The van der Waals surface area contributed by atoms with E-state index in [2.05, 4.69) is 52.0 Å².